The SMILES string of the molecule is C=C(CN1Cc2cccc(C3CCc4c(sc(NC(=O)c5ccccc5F)c4C#N)C3)c2C1)SC(C)(C)C. The molecule has 0 saturated heterocycles. The van der Waals surface area contributed by atoms with E-state index in [1.165, 1.54) is 45.1 Å². The molecule has 2 aliphatic rings. The average Bonchev–Trinajstić information content (AvgIpc) is 3.42. The molecule has 0 saturated carbocycles. The molecule has 5 rings (SSSR count). The highest BCUT2D eigenvalue weighted by atomic mass is 32.2. The van der Waals surface area contributed by atoms with Crippen molar-refractivity contribution in [2.45, 2.75) is 63.8 Å². The molecule has 0 spiro atoms. The van der Waals surface area contributed by atoms with Gasteiger partial charge in [0.05, 0.1) is 11.1 Å². The van der Waals surface area contributed by atoms with Gasteiger partial charge in [0.1, 0.15) is 16.9 Å². The fourth-order valence-corrected chi connectivity index (χ4v) is 7.98. The normalized spacial score (nSPS) is 17.0. The number of nitrogens with one attached hydrogen (secondary N) is 1. The van der Waals surface area contributed by atoms with Crippen molar-refractivity contribution in [3.63, 3.8) is 0 Å². The van der Waals surface area contributed by atoms with Gasteiger partial charge in [-0.25, -0.2) is 4.39 Å². The van der Waals surface area contributed by atoms with Gasteiger partial charge in [-0.3, -0.25) is 9.69 Å². The second kappa shape index (κ2) is 10.7. The molecule has 1 aliphatic heterocycles. The zero-order valence-electron chi connectivity index (χ0n) is 22.1. The topological polar surface area (TPSA) is 56.1 Å². The lowest BCUT2D eigenvalue weighted by Gasteiger charge is -2.25. The van der Waals surface area contributed by atoms with Crippen molar-refractivity contribution in [2.24, 2.45) is 0 Å². The van der Waals surface area contributed by atoms with E-state index in [-0.39, 0.29) is 10.3 Å². The molecule has 1 N–H and O–H groups in total. The number of nitrogens with zero attached hydrogens (tertiary/aromatic N) is 2. The van der Waals surface area contributed by atoms with Gasteiger partial charge in [0.25, 0.3) is 5.91 Å². The van der Waals surface area contributed by atoms with Crippen molar-refractivity contribution in [1.29, 1.82) is 5.26 Å². The Morgan fingerprint density at radius 3 is 2.74 bits per heavy atom. The Hall–Kier alpha value is -2.92. The van der Waals surface area contributed by atoms with Gasteiger partial charge in [0.15, 0.2) is 0 Å². The van der Waals surface area contributed by atoms with E-state index in [4.69, 9.17) is 0 Å². The van der Waals surface area contributed by atoms with E-state index in [1.54, 1.807) is 12.1 Å². The number of thiophene rings is 1. The number of halogens is 1. The van der Waals surface area contributed by atoms with Crippen molar-refractivity contribution in [3.8, 4) is 6.07 Å². The van der Waals surface area contributed by atoms with Crippen LogP contribution < -0.4 is 5.32 Å². The third-order valence-corrected chi connectivity index (χ3v) is 9.30. The predicted molar refractivity (Wildman–Crippen MR) is 155 cm³/mol. The monoisotopic (exact) mass is 545 g/mol. The minimum Gasteiger partial charge on any atom is -0.312 e. The molecule has 7 heteroatoms. The first kappa shape index (κ1) is 26.7. The molecule has 0 bridgehead atoms. The molecule has 4 nitrogen and oxygen atoms in total. The number of carbonyl (C=O) groups is 1. The summed E-state index contributed by atoms with van der Waals surface area (Å²) in [4.78, 5) is 17.6. The maximum atomic E-state index is 14.1. The number of benzene rings is 2. The van der Waals surface area contributed by atoms with Gasteiger partial charge in [0.2, 0.25) is 0 Å². The van der Waals surface area contributed by atoms with Crippen LogP contribution >= 0.6 is 23.1 Å². The molecule has 0 fully saturated rings. The lowest BCUT2D eigenvalue weighted by molar-refractivity contribution is 0.102. The lowest BCUT2D eigenvalue weighted by Crippen LogP contribution is -2.20. The zero-order valence-corrected chi connectivity index (χ0v) is 23.7. The molecule has 38 heavy (non-hydrogen) atoms. The van der Waals surface area contributed by atoms with Crippen LogP contribution in [0, 0.1) is 17.1 Å². The fraction of sp³-hybridized carbons (Fsp3) is 0.355. The maximum absolute atomic E-state index is 14.1. The van der Waals surface area contributed by atoms with E-state index in [0.717, 1.165) is 49.3 Å². The van der Waals surface area contributed by atoms with Crippen LogP contribution in [-0.2, 0) is 25.9 Å². The number of nitriles is 1. The molecule has 2 heterocycles. The summed E-state index contributed by atoms with van der Waals surface area (Å²) >= 11 is 3.30. The molecule has 0 radical (unpaired) electrons. The van der Waals surface area contributed by atoms with Crippen molar-refractivity contribution in [3.05, 3.63) is 98.0 Å². The Kier molecular flexibility index (Phi) is 7.50. The van der Waals surface area contributed by atoms with Crippen LogP contribution in [0.25, 0.3) is 0 Å². The Morgan fingerprint density at radius 2 is 2.00 bits per heavy atom. The van der Waals surface area contributed by atoms with Gasteiger partial charge < -0.3 is 5.32 Å². The number of anilines is 1. The molecule has 2 aromatic carbocycles. The van der Waals surface area contributed by atoms with E-state index < -0.39 is 11.7 Å². The summed E-state index contributed by atoms with van der Waals surface area (Å²) in [6.07, 6.45) is 2.59. The molecule has 1 unspecified atom stereocenters. The van der Waals surface area contributed by atoms with Crippen LogP contribution in [0.5, 0.6) is 0 Å². The summed E-state index contributed by atoms with van der Waals surface area (Å²) in [6, 6.07) is 14.9. The van der Waals surface area contributed by atoms with E-state index in [0.29, 0.717) is 16.5 Å². The molecule has 1 aromatic heterocycles. The third-order valence-electron chi connectivity index (χ3n) is 7.10. The largest absolute Gasteiger partial charge is 0.312 e. The van der Waals surface area contributed by atoms with Gasteiger partial charge in [-0.2, -0.15) is 5.26 Å². The first-order chi connectivity index (χ1) is 18.1. The second-order valence-corrected chi connectivity index (χ2v) is 14.2. The number of hydrogen-bond acceptors (Lipinski definition) is 5. The van der Waals surface area contributed by atoms with Crippen LogP contribution in [0.3, 0.4) is 0 Å². The highest BCUT2D eigenvalue weighted by Crippen LogP contribution is 2.44. The number of amides is 1. The van der Waals surface area contributed by atoms with E-state index in [9.17, 15) is 14.4 Å². The Bertz CT molecular complexity index is 1450. The maximum Gasteiger partial charge on any atom is 0.259 e. The molecule has 1 amide bonds. The summed E-state index contributed by atoms with van der Waals surface area (Å²) in [7, 11) is 0. The predicted octanol–water partition coefficient (Wildman–Crippen LogP) is 7.64. The van der Waals surface area contributed by atoms with Crippen LogP contribution in [0.2, 0.25) is 0 Å². The number of hydrogen-bond donors (Lipinski definition) is 1. The first-order valence-corrected chi connectivity index (χ1v) is 14.6. The molecule has 196 valence electrons. The van der Waals surface area contributed by atoms with Gasteiger partial charge >= 0.3 is 0 Å². The number of rotatable bonds is 6. The fourth-order valence-electron chi connectivity index (χ4n) is 5.60. The summed E-state index contributed by atoms with van der Waals surface area (Å²) in [5.74, 6) is -0.732. The Labute approximate surface area is 232 Å². The third kappa shape index (κ3) is 5.58. The van der Waals surface area contributed by atoms with Crippen LogP contribution in [0.4, 0.5) is 9.39 Å². The van der Waals surface area contributed by atoms with Crippen LogP contribution in [0.15, 0.2) is 53.9 Å². The second-order valence-electron chi connectivity index (χ2n) is 11.1. The van der Waals surface area contributed by atoms with Gasteiger partial charge in [-0.05, 0) is 64.5 Å². The quantitative estimate of drug-likeness (QED) is 0.346. The number of fused-ring (bicyclic) bond motifs is 2. The van der Waals surface area contributed by atoms with Crippen molar-refractivity contribution >= 4 is 34.0 Å². The standard InChI is InChI=1S/C31H32FN3OS2/c1-19(38-31(2,3)4)16-35-17-21-8-7-10-22(26(21)18-35)20-12-13-23-25(15-33)30(37-28(23)14-20)34-29(36)24-9-5-6-11-27(24)32/h5-11,20H,1,12-14,16-18H2,2-4H3,(H,34,36). The summed E-state index contributed by atoms with van der Waals surface area (Å²) < 4.78 is 14.3. The van der Waals surface area contributed by atoms with Crippen molar-refractivity contribution in [1.82, 2.24) is 4.90 Å². The van der Waals surface area contributed by atoms with Gasteiger partial charge in [-0.15, -0.1) is 23.1 Å². The molecule has 1 atom stereocenters. The minimum absolute atomic E-state index is 0.0198. The minimum atomic E-state index is -0.572. The number of carbonyl (C=O) groups excluding carboxylic acids is 1. The Balaban J connectivity index is 1.33. The van der Waals surface area contributed by atoms with E-state index in [2.05, 4.69) is 61.8 Å². The molecule has 1 aliphatic carbocycles. The van der Waals surface area contributed by atoms with E-state index >= 15 is 0 Å². The summed E-state index contributed by atoms with van der Waals surface area (Å²) in [5.41, 5.74) is 5.75. The van der Waals surface area contributed by atoms with Crippen LogP contribution in [0.1, 0.15) is 76.2 Å². The summed E-state index contributed by atoms with van der Waals surface area (Å²) in [5, 5.41) is 13.2. The first-order valence-electron chi connectivity index (χ1n) is 12.9. The van der Waals surface area contributed by atoms with Crippen molar-refractivity contribution < 1.29 is 9.18 Å². The van der Waals surface area contributed by atoms with Crippen molar-refractivity contribution in [2.75, 3.05) is 11.9 Å². The highest BCUT2D eigenvalue weighted by molar-refractivity contribution is 8.04. The highest BCUT2D eigenvalue weighted by Gasteiger charge is 2.31. The average molecular weight is 546 g/mol. The number of thioether (sulfide) groups is 1. The zero-order chi connectivity index (χ0) is 27.0. The molecule has 3 aromatic rings. The van der Waals surface area contributed by atoms with Crippen LogP contribution in [-0.4, -0.2) is 22.1 Å². The lowest BCUT2D eigenvalue weighted by atomic mass is 9.80. The van der Waals surface area contributed by atoms with Gasteiger partial charge in [-0.1, -0.05) is 57.7 Å². The summed E-state index contributed by atoms with van der Waals surface area (Å²) in [6.45, 7) is 13.7. The Morgan fingerprint density at radius 1 is 1.21 bits per heavy atom. The van der Waals surface area contributed by atoms with E-state index in [1.807, 2.05) is 11.8 Å². The molecular formula is C31H32FN3OS2. The smallest absolute Gasteiger partial charge is 0.259 e. The molecular weight excluding hydrogens is 513 g/mol. The van der Waals surface area contributed by atoms with Gasteiger partial charge in [0, 0.05) is 29.3 Å².